The first-order valence-electron chi connectivity index (χ1n) is 6.40. The van der Waals surface area contributed by atoms with Gasteiger partial charge in [0.05, 0.1) is 13.1 Å². The van der Waals surface area contributed by atoms with Gasteiger partial charge in [-0.15, -0.1) is 0 Å². The van der Waals surface area contributed by atoms with E-state index < -0.39 is 5.97 Å². The Bertz CT molecular complexity index is 307. The first-order chi connectivity index (χ1) is 8.97. The number of hydrogen-bond acceptors (Lipinski definition) is 4. The Morgan fingerprint density at radius 2 is 1.89 bits per heavy atom. The predicted octanol–water partition coefficient (Wildman–Crippen LogP) is -0.575. The lowest BCUT2D eigenvalue weighted by atomic mass is 10.3. The van der Waals surface area contributed by atoms with Gasteiger partial charge in [-0.2, -0.15) is 0 Å². The fourth-order valence-electron chi connectivity index (χ4n) is 1.32. The summed E-state index contributed by atoms with van der Waals surface area (Å²) in [4.78, 5) is 34.6. The second-order valence-corrected chi connectivity index (χ2v) is 4.27. The van der Waals surface area contributed by atoms with Gasteiger partial charge in [0.2, 0.25) is 11.8 Å². The molecule has 0 fully saturated rings. The molecule has 0 aromatic carbocycles. The molecule has 19 heavy (non-hydrogen) atoms. The number of amides is 2. The van der Waals surface area contributed by atoms with Crippen LogP contribution in [-0.2, 0) is 14.4 Å². The van der Waals surface area contributed by atoms with Gasteiger partial charge in [-0.25, -0.2) is 0 Å². The number of aliphatic carboxylic acids is 1. The van der Waals surface area contributed by atoms with E-state index in [0.29, 0.717) is 19.5 Å². The highest BCUT2D eigenvalue weighted by molar-refractivity contribution is 5.85. The Kier molecular flexibility index (Phi) is 9.42. The highest BCUT2D eigenvalue weighted by atomic mass is 16.4. The largest absolute Gasteiger partial charge is 0.481 e. The molecule has 0 atom stereocenters. The molecule has 0 unspecified atom stereocenters. The van der Waals surface area contributed by atoms with Crippen molar-refractivity contribution in [2.45, 2.75) is 26.2 Å². The summed E-state index contributed by atoms with van der Waals surface area (Å²) in [5.74, 6) is -1.22. The van der Waals surface area contributed by atoms with Gasteiger partial charge in [0.1, 0.15) is 0 Å². The average Bonchev–Trinajstić information content (AvgIpc) is 2.35. The summed E-state index contributed by atoms with van der Waals surface area (Å²) in [6, 6.07) is 0. The zero-order valence-corrected chi connectivity index (χ0v) is 11.6. The maximum atomic E-state index is 11.6. The number of hydrogen-bond donors (Lipinski definition) is 3. The molecule has 7 heteroatoms. The summed E-state index contributed by atoms with van der Waals surface area (Å²) in [5.41, 5.74) is 0. The number of carbonyl (C=O) groups excluding carboxylic acids is 2. The van der Waals surface area contributed by atoms with Crippen LogP contribution >= 0.6 is 0 Å². The molecule has 0 aliphatic carbocycles. The van der Waals surface area contributed by atoms with Crippen molar-refractivity contribution < 1.29 is 19.5 Å². The minimum Gasteiger partial charge on any atom is -0.481 e. The number of nitrogens with one attached hydrogen (secondary N) is 2. The minimum absolute atomic E-state index is 0.0373. The Morgan fingerprint density at radius 1 is 1.21 bits per heavy atom. The van der Waals surface area contributed by atoms with Crippen molar-refractivity contribution in [1.29, 1.82) is 0 Å². The third kappa shape index (κ3) is 10.0. The first kappa shape index (κ1) is 17.4. The van der Waals surface area contributed by atoms with Crippen molar-refractivity contribution >= 4 is 17.8 Å². The molecule has 0 radical (unpaired) electrons. The van der Waals surface area contributed by atoms with E-state index in [1.165, 1.54) is 4.90 Å². The molecular weight excluding hydrogens is 250 g/mol. The topological polar surface area (TPSA) is 98.7 Å². The van der Waals surface area contributed by atoms with Gasteiger partial charge in [0.15, 0.2) is 0 Å². The van der Waals surface area contributed by atoms with Gasteiger partial charge in [-0.1, -0.05) is 6.92 Å². The van der Waals surface area contributed by atoms with Crippen molar-refractivity contribution in [3.05, 3.63) is 0 Å². The minimum atomic E-state index is -0.849. The van der Waals surface area contributed by atoms with Crippen LogP contribution in [0.4, 0.5) is 0 Å². The van der Waals surface area contributed by atoms with E-state index in [1.54, 1.807) is 7.05 Å². The van der Waals surface area contributed by atoms with Gasteiger partial charge in [0, 0.05) is 20.0 Å². The summed E-state index contributed by atoms with van der Waals surface area (Å²) in [6.07, 6.45) is 1.41. The second kappa shape index (κ2) is 10.3. The van der Waals surface area contributed by atoms with E-state index in [0.717, 1.165) is 6.42 Å². The van der Waals surface area contributed by atoms with Crippen LogP contribution in [0.25, 0.3) is 0 Å². The second-order valence-electron chi connectivity index (χ2n) is 4.27. The smallest absolute Gasteiger partial charge is 0.303 e. The SMILES string of the molecule is CCCNC(=O)CN(C)C(=O)CNCCCC(=O)O. The van der Waals surface area contributed by atoms with Crippen LogP contribution < -0.4 is 10.6 Å². The molecule has 2 amide bonds. The molecule has 0 aliphatic rings. The molecule has 0 rings (SSSR count). The fraction of sp³-hybridized carbons (Fsp3) is 0.750. The summed E-state index contributed by atoms with van der Waals surface area (Å²) < 4.78 is 0. The van der Waals surface area contributed by atoms with Crippen molar-refractivity contribution in [2.24, 2.45) is 0 Å². The van der Waals surface area contributed by atoms with Gasteiger partial charge < -0.3 is 20.6 Å². The Balaban J connectivity index is 3.69. The monoisotopic (exact) mass is 273 g/mol. The molecule has 0 spiro atoms. The molecule has 0 aromatic heterocycles. The van der Waals surface area contributed by atoms with E-state index in [1.807, 2.05) is 6.92 Å². The maximum absolute atomic E-state index is 11.6. The Hall–Kier alpha value is -1.63. The van der Waals surface area contributed by atoms with E-state index in [2.05, 4.69) is 10.6 Å². The van der Waals surface area contributed by atoms with Crippen molar-refractivity contribution in [1.82, 2.24) is 15.5 Å². The lowest BCUT2D eigenvalue weighted by Gasteiger charge is -2.17. The standard InChI is InChI=1S/C12H23N3O4/c1-3-6-14-10(16)9-15(2)11(17)8-13-7-4-5-12(18)19/h13H,3-9H2,1-2H3,(H,14,16)(H,18,19). The number of carboxylic acids is 1. The molecule has 0 saturated heterocycles. The number of carboxylic acid groups (broad SMARTS) is 1. The molecule has 0 aliphatic heterocycles. The summed E-state index contributed by atoms with van der Waals surface area (Å²) >= 11 is 0. The Morgan fingerprint density at radius 3 is 2.47 bits per heavy atom. The van der Waals surface area contributed by atoms with Crippen LogP contribution in [0.5, 0.6) is 0 Å². The van der Waals surface area contributed by atoms with E-state index in [9.17, 15) is 14.4 Å². The number of likely N-dealkylation sites (N-methyl/N-ethyl adjacent to an activating group) is 1. The van der Waals surface area contributed by atoms with Crippen molar-refractivity contribution in [2.75, 3.05) is 33.2 Å². The summed E-state index contributed by atoms with van der Waals surface area (Å²) in [7, 11) is 1.56. The molecule has 110 valence electrons. The van der Waals surface area contributed by atoms with Gasteiger partial charge in [-0.3, -0.25) is 14.4 Å². The molecule has 0 heterocycles. The first-order valence-corrected chi connectivity index (χ1v) is 6.40. The number of carbonyl (C=O) groups is 3. The molecular formula is C12H23N3O4. The maximum Gasteiger partial charge on any atom is 0.303 e. The van der Waals surface area contributed by atoms with Crippen LogP contribution in [0.1, 0.15) is 26.2 Å². The van der Waals surface area contributed by atoms with Gasteiger partial charge in [0.25, 0.3) is 0 Å². The van der Waals surface area contributed by atoms with Crippen LogP contribution in [0.3, 0.4) is 0 Å². The van der Waals surface area contributed by atoms with E-state index in [-0.39, 0.29) is 31.3 Å². The van der Waals surface area contributed by atoms with Crippen molar-refractivity contribution in [3.8, 4) is 0 Å². The van der Waals surface area contributed by atoms with Crippen LogP contribution in [0.15, 0.2) is 0 Å². The highest BCUT2D eigenvalue weighted by Gasteiger charge is 2.11. The van der Waals surface area contributed by atoms with Crippen LogP contribution in [0.2, 0.25) is 0 Å². The van der Waals surface area contributed by atoms with Gasteiger partial charge in [-0.05, 0) is 19.4 Å². The van der Waals surface area contributed by atoms with Gasteiger partial charge >= 0.3 is 5.97 Å². The normalized spacial score (nSPS) is 10.0. The zero-order chi connectivity index (χ0) is 14.7. The van der Waals surface area contributed by atoms with Crippen LogP contribution in [-0.4, -0.2) is 61.0 Å². The fourth-order valence-corrected chi connectivity index (χ4v) is 1.32. The van der Waals surface area contributed by atoms with E-state index in [4.69, 9.17) is 5.11 Å². The molecule has 0 aromatic rings. The molecule has 7 nitrogen and oxygen atoms in total. The zero-order valence-electron chi connectivity index (χ0n) is 11.6. The quantitative estimate of drug-likeness (QED) is 0.463. The number of rotatable bonds is 10. The van der Waals surface area contributed by atoms with Crippen LogP contribution in [0, 0.1) is 0 Å². The average molecular weight is 273 g/mol. The number of nitrogens with zero attached hydrogens (tertiary/aromatic N) is 1. The Labute approximate surface area is 113 Å². The highest BCUT2D eigenvalue weighted by Crippen LogP contribution is 1.88. The molecule has 0 bridgehead atoms. The van der Waals surface area contributed by atoms with Crippen molar-refractivity contribution in [3.63, 3.8) is 0 Å². The molecule has 3 N–H and O–H groups in total. The predicted molar refractivity (Wildman–Crippen MR) is 70.7 cm³/mol. The third-order valence-corrected chi connectivity index (χ3v) is 2.40. The summed E-state index contributed by atoms with van der Waals surface area (Å²) in [5, 5.41) is 14.0. The van der Waals surface area contributed by atoms with E-state index >= 15 is 0 Å². The third-order valence-electron chi connectivity index (χ3n) is 2.40. The summed E-state index contributed by atoms with van der Waals surface area (Å²) in [6.45, 7) is 3.17. The molecule has 0 saturated carbocycles. The lowest BCUT2D eigenvalue weighted by Crippen LogP contribution is -2.42. The lowest BCUT2D eigenvalue weighted by molar-refractivity contribution is -0.137.